The normalized spacial score (nSPS) is 15.1. The maximum absolute atomic E-state index is 5.52. The van der Waals surface area contributed by atoms with Crippen molar-refractivity contribution in [1.29, 1.82) is 0 Å². The van der Waals surface area contributed by atoms with Crippen molar-refractivity contribution in [2.75, 3.05) is 13.1 Å². The van der Waals surface area contributed by atoms with E-state index in [4.69, 9.17) is 12.2 Å². The monoisotopic (exact) mass is 287 g/mol. The highest BCUT2D eigenvalue weighted by molar-refractivity contribution is 8.22. The third-order valence-electron chi connectivity index (χ3n) is 3.60. The molecule has 0 spiro atoms. The zero-order chi connectivity index (χ0) is 13.1. The number of rotatable bonds is 2. The van der Waals surface area contributed by atoms with Crippen LogP contribution in [0.25, 0.3) is 10.8 Å². The van der Waals surface area contributed by atoms with Crippen molar-refractivity contribution in [2.45, 2.75) is 18.6 Å². The Morgan fingerprint density at radius 2 is 1.79 bits per heavy atom. The molecule has 0 unspecified atom stereocenters. The van der Waals surface area contributed by atoms with Gasteiger partial charge in [-0.25, -0.2) is 0 Å². The third-order valence-corrected chi connectivity index (χ3v) is 5.17. The highest BCUT2D eigenvalue weighted by Gasteiger charge is 2.15. The van der Waals surface area contributed by atoms with E-state index in [0.29, 0.717) is 0 Å². The average molecular weight is 287 g/mol. The third kappa shape index (κ3) is 2.93. The fourth-order valence-corrected chi connectivity index (χ4v) is 3.80. The number of nitrogens with zero attached hydrogens (tertiary/aromatic N) is 1. The van der Waals surface area contributed by atoms with E-state index >= 15 is 0 Å². The Hall–Kier alpha value is -1.06. The molecule has 1 nitrogen and oxygen atoms in total. The number of hydrogen-bond donors (Lipinski definition) is 0. The summed E-state index contributed by atoms with van der Waals surface area (Å²) >= 11 is 7.32. The fraction of sp³-hybridized carbons (Fsp3) is 0.312. The van der Waals surface area contributed by atoms with Gasteiger partial charge in [0.2, 0.25) is 0 Å². The second-order valence-electron chi connectivity index (χ2n) is 4.89. The van der Waals surface area contributed by atoms with Gasteiger partial charge in [-0.1, -0.05) is 66.4 Å². The fourth-order valence-electron chi connectivity index (χ4n) is 2.55. The smallest absolute Gasteiger partial charge is 0.136 e. The molecule has 0 saturated carbocycles. The molecule has 0 amide bonds. The zero-order valence-corrected chi connectivity index (χ0v) is 12.5. The Labute approximate surface area is 124 Å². The van der Waals surface area contributed by atoms with Crippen LogP contribution in [0.5, 0.6) is 0 Å². The molecule has 0 aromatic heterocycles. The molecule has 1 heterocycles. The maximum Gasteiger partial charge on any atom is 0.136 e. The molecule has 0 radical (unpaired) electrons. The minimum Gasteiger partial charge on any atom is -0.358 e. The lowest BCUT2D eigenvalue weighted by molar-refractivity contribution is 0.539. The standard InChI is InChI=1S/C16H17NS2/c18-16(17-10-3-4-11-17)19-12-14-8-5-7-13-6-1-2-9-15(13)14/h1-2,5-9H,3-4,10-12H2. The summed E-state index contributed by atoms with van der Waals surface area (Å²) in [6.07, 6.45) is 2.57. The minimum atomic E-state index is 0.969. The first-order valence-electron chi connectivity index (χ1n) is 6.73. The van der Waals surface area contributed by atoms with Gasteiger partial charge in [-0.05, 0) is 29.2 Å². The van der Waals surface area contributed by atoms with Crippen molar-refractivity contribution < 1.29 is 0 Å². The molecule has 0 aliphatic carbocycles. The van der Waals surface area contributed by atoms with Crippen molar-refractivity contribution in [3.63, 3.8) is 0 Å². The molecular formula is C16H17NS2. The second kappa shape index (κ2) is 5.93. The molecule has 3 heteroatoms. The summed E-state index contributed by atoms with van der Waals surface area (Å²) in [6, 6.07) is 15.1. The van der Waals surface area contributed by atoms with E-state index in [1.165, 1.54) is 29.2 Å². The van der Waals surface area contributed by atoms with Crippen LogP contribution in [0.15, 0.2) is 42.5 Å². The van der Waals surface area contributed by atoms with E-state index in [0.717, 1.165) is 23.2 Å². The van der Waals surface area contributed by atoms with Gasteiger partial charge in [0.25, 0.3) is 0 Å². The predicted octanol–water partition coefficient (Wildman–Crippen LogP) is 4.45. The molecule has 1 saturated heterocycles. The molecule has 2 aromatic rings. The maximum atomic E-state index is 5.52. The van der Waals surface area contributed by atoms with Gasteiger partial charge in [0.1, 0.15) is 4.32 Å². The minimum absolute atomic E-state index is 0.969. The van der Waals surface area contributed by atoms with Crippen molar-refractivity contribution in [3.8, 4) is 0 Å². The molecule has 1 aliphatic heterocycles. The summed E-state index contributed by atoms with van der Waals surface area (Å²) in [7, 11) is 0. The van der Waals surface area contributed by atoms with Gasteiger partial charge >= 0.3 is 0 Å². The summed E-state index contributed by atoms with van der Waals surface area (Å²) < 4.78 is 1.06. The molecule has 0 atom stereocenters. The molecule has 0 bridgehead atoms. The van der Waals surface area contributed by atoms with Crippen LogP contribution >= 0.6 is 24.0 Å². The molecule has 0 N–H and O–H groups in total. The van der Waals surface area contributed by atoms with E-state index in [-0.39, 0.29) is 0 Å². The number of likely N-dealkylation sites (tertiary alicyclic amines) is 1. The van der Waals surface area contributed by atoms with Crippen molar-refractivity contribution in [2.24, 2.45) is 0 Å². The van der Waals surface area contributed by atoms with Gasteiger partial charge in [0.15, 0.2) is 0 Å². The predicted molar refractivity (Wildman–Crippen MR) is 88.6 cm³/mol. The highest BCUT2D eigenvalue weighted by atomic mass is 32.2. The van der Waals surface area contributed by atoms with Crippen LogP contribution in [-0.2, 0) is 5.75 Å². The Morgan fingerprint density at radius 1 is 1.05 bits per heavy atom. The van der Waals surface area contributed by atoms with Gasteiger partial charge < -0.3 is 4.90 Å². The Morgan fingerprint density at radius 3 is 2.63 bits per heavy atom. The lowest BCUT2D eigenvalue weighted by Gasteiger charge is -2.17. The van der Waals surface area contributed by atoms with Gasteiger partial charge in [-0.2, -0.15) is 0 Å². The first kappa shape index (κ1) is 12.9. The molecule has 1 aliphatic rings. The first-order valence-corrected chi connectivity index (χ1v) is 8.12. The lowest BCUT2D eigenvalue weighted by atomic mass is 10.1. The van der Waals surface area contributed by atoms with E-state index in [9.17, 15) is 0 Å². The molecule has 3 rings (SSSR count). The second-order valence-corrected chi connectivity index (χ2v) is 6.50. The van der Waals surface area contributed by atoms with Crippen molar-refractivity contribution in [1.82, 2.24) is 4.90 Å². The summed E-state index contributed by atoms with van der Waals surface area (Å²) in [6.45, 7) is 2.28. The van der Waals surface area contributed by atoms with Crippen LogP contribution in [0.1, 0.15) is 18.4 Å². The number of fused-ring (bicyclic) bond motifs is 1. The molecular weight excluding hydrogens is 270 g/mol. The molecule has 2 aromatic carbocycles. The Balaban J connectivity index is 1.73. The van der Waals surface area contributed by atoms with Crippen molar-refractivity contribution >= 4 is 39.1 Å². The number of thioether (sulfide) groups is 1. The SMILES string of the molecule is S=C(SCc1cccc2ccccc12)N1CCCC1. The van der Waals surface area contributed by atoms with Crippen LogP contribution in [0.3, 0.4) is 0 Å². The summed E-state index contributed by atoms with van der Waals surface area (Å²) in [5.41, 5.74) is 1.38. The van der Waals surface area contributed by atoms with Crippen LogP contribution in [0, 0.1) is 0 Å². The molecule has 19 heavy (non-hydrogen) atoms. The largest absolute Gasteiger partial charge is 0.358 e. The van der Waals surface area contributed by atoms with Crippen LogP contribution in [-0.4, -0.2) is 22.3 Å². The topological polar surface area (TPSA) is 3.24 Å². The average Bonchev–Trinajstić information content (AvgIpc) is 2.99. The van der Waals surface area contributed by atoms with E-state index in [2.05, 4.69) is 47.4 Å². The van der Waals surface area contributed by atoms with Gasteiger partial charge in [-0.3, -0.25) is 0 Å². The zero-order valence-electron chi connectivity index (χ0n) is 10.8. The van der Waals surface area contributed by atoms with Gasteiger partial charge in [-0.15, -0.1) is 0 Å². The number of benzene rings is 2. The Kier molecular flexibility index (Phi) is 4.04. The summed E-state index contributed by atoms with van der Waals surface area (Å²) in [5, 5.41) is 2.66. The molecule has 98 valence electrons. The summed E-state index contributed by atoms with van der Waals surface area (Å²) in [5.74, 6) is 0.969. The van der Waals surface area contributed by atoms with Crippen molar-refractivity contribution in [3.05, 3.63) is 48.0 Å². The van der Waals surface area contributed by atoms with E-state index < -0.39 is 0 Å². The quantitative estimate of drug-likeness (QED) is 0.751. The van der Waals surface area contributed by atoms with Crippen LogP contribution in [0.2, 0.25) is 0 Å². The van der Waals surface area contributed by atoms with Gasteiger partial charge in [0.05, 0.1) is 0 Å². The molecule has 1 fully saturated rings. The number of hydrogen-bond acceptors (Lipinski definition) is 2. The van der Waals surface area contributed by atoms with Gasteiger partial charge in [0, 0.05) is 18.8 Å². The van der Waals surface area contributed by atoms with Crippen LogP contribution < -0.4 is 0 Å². The number of thiocarbonyl (C=S) groups is 1. The Bertz CT molecular complexity index is 583. The van der Waals surface area contributed by atoms with E-state index in [1.807, 2.05) is 0 Å². The van der Waals surface area contributed by atoms with Crippen LogP contribution in [0.4, 0.5) is 0 Å². The van der Waals surface area contributed by atoms with E-state index in [1.54, 1.807) is 11.8 Å². The highest BCUT2D eigenvalue weighted by Crippen LogP contribution is 2.25. The first-order chi connectivity index (χ1) is 9.34. The summed E-state index contributed by atoms with van der Waals surface area (Å²) in [4.78, 5) is 2.34. The lowest BCUT2D eigenvalue weighted by Crippen LogP contribution is -2.23.